The van der Waals surface area contributed by atoms with Crippen molar-refractivity contribution in [3.8, 4) is 5.75 Å². The van der Waals surface area contributed by atoms with E-state index in [2.05, 4.69) is 0 Å². The van der Waals surface area contributed by atoms with Gasteiger partial charge in [0, 0.05) is 25.2 Å². The molecule has 0 bridgehead atoms. The molecule has 7 heteroatoms. The standard InChI is InChI=1S/C20H20ClNO5/c1-26-8-9-27-18-7-6-14(21)10-16(18)19(23)22-11-13-4-2-3-5-15(13)17(12-22)20(24)25/h2-7,10,17H,8-9,11-12H2,1H3,(H,24,25). The molecule has 0 saturated heterocycles. The largest absolute Gasteiger partial charge is 0.490 e. The third-order valence-corrected chi connectivity index (χ3v) is 4.73. The van der Waals surface area contributed by atoms with Crippen LogP contribution in [0.1, 0.15) is 27.4 Å². The number of carbonyl (C=O) groups excluding carboxylic acids is 1. The lowest BCUT2D eigenvalue weighted by molar-refractivity contribution is -0.139. The number of aliphatic carboxylic acids is 1. The molecule has 1 aliphatic rings. The van der Waals surface area contributed by atoms with E-state index in [4.69, 9.17) is 21.1 Å². The molecular formula is C20H20ClNO5. The van der Waals surface area contributed by atoms with Crippen LogP contribution in [0.2, 0.25) is 5.02 Å². The van der Waals surface area contributed by atoms with Gasteiger partial charge in [-0.25, -0.2) is 0 Å². The fraction of sp³-hybridized carbons (Fsp3) is 0.300. The fourth-order valence-electron chi connectivity index (χ4n) is 3.17. The number of carboxylic acid groups (broad SMARTS) is 1. The van der Waals surface area contributed by atoms with Crippen LogP contribution in [0.15, 0.2) is 42.5 Å². The number of rotatable bonds is 6. The number of halogens is 1. The number of carboxylic acids is 1. The first-order valence-corrected chi connectivity index (χ1v) is 8.90. The zero-order chi connectivity index (χ0) is 19.4. The van der Waals surface area contributed by atoms with Crippen LogP contribution in [0, 0.1) is 0 Å². The smallest absolute Gasteiger partial charge is 0.312 e. The Kier molecular flexibility index (Phi) is 5.98. The van der Waals surface area contributed by atoms with Crippen molar-refractivity contribution >= 4 is 23.5 Å². The van der Waals surface area contributed by atoms with Crippen LogP contribution >= 0.6 is 11.6 Å². The van der Waals surface area contributed by atoms with E-state index in [1.54, 1.807) is 31.4 Å². The molecule has 0 saturated carbocycles. The molecule has 6 nitrogen and oxygen atoms in total. The number of benzene rings is 2. The summed E-state index contributed by atoms with van der Waals surface area (Å²) >= 11 is 6.08. The minimum atomic E-state index is -0.956. The maximum Gasteiger partial charge on any atom is 0.312 e. The average molecular weight is 390 g/mol. The minimum Gasteiger partial charge on any atom is -0.490 e. The first kappa shape index (κ1) is 19.2. The summed E-state index contributed by atoms with van der Waals surface area (Å²) in [6.07, 6.45) is 0. The molecule has 0 radical (unpaired) electrons. The number of fused-ring (bicyclic) bond motifs is 1. The highest BCUT2D eigenvalue weighted by Crippen LogP contribution is 2.31. The van der Waals surface area contributed by atoms with Gasteiger partial charge in [0.15, 0.2) is 0 Å². The van der Waals surface area contributed by atoms with E-state index in [-0.39, 0.29) is 12.5 Å². The molecule has 2 aromatic carbocycles. The number of hydrogen-bond donors (Lipinski definition) is 1. The van der Waals surface area contributed by atoms with Gasteiger partial charge in [-0.3, -0.25) is 9.59 Å². The highest BCUT2D eigenvalue weighted by molar-refractivity contribution is 6.31. The monoisotopic (exact) mass is 389 g/mol. The lowest BCUT2D eigenvalue weighted by Crippen LogP contribution is -2.40. The Labute approximate surface area is 162 Å². The third kappa shape index (κ3) is 4.23. The normalized spacial score (nSPS) is 15.9. The van der Waals surface area contributed by atoms with Crippen molar-refractivity contribution in [2.24, 2.45) is 0 Å². The Morgan fingerprint density at radius 3 is 2.74 bits per heavy atom. The summed E-state index contributed by atoms with van der Waals surface area (Å²) in [6.45, 7) is 1.10. The topological polar surface area (TPSA) is 76.1 Å². The summed E-state index contributed by atoms with van der Waals surface area (Å²) in [5, 5.41) is 10.0. The summed E-state index contributed by atoms with van der Waals surface area (Å²) in [7, 11) is 1.56. The second kappa shape index (κ2) is 8.41. The van der Waals surface area contributed by atoms with Gasteiger partial charge in [-0.05, 0) is 29.3 Å². The van der Waals surface area contributed by atoms with Gasteiger partial charge < -0.3 is 19.5 Å². The van der Waals surface area contributed by atoms with Crippen LogP contribution in [0.25, 0.3) is 0 Å². The van der Waals surface area contributed by atoms with Crippen molar-refractivity contribution in [1.82, 2.24) is 4.90 Å². The molecule has 1 atom stereocenters. The summed E-state index contributed by atoms with van der Waals surface area (Å²) in [5.41, 5.74) is 1.88. The van der Waals surface area contributed by atoms with E-state index in [0.29, 0.717) is 36.1 Å². The van der Waals surface area contributed by atoms with Crippen molar-refractivity contribution in [1.29, 1.82) is 0 Å². The number of carbonyl (C=O) groups is 2. The van der Waals surface area contributed by atoms with Gasteiger partial charge >= 0.3 is 5.97 Å². The molecule has 1 heterocycles. The molecule has 0 fully saturated rings. The van der Waals surface area contributed by atoms with E-state index >= 15 is 0 Å². The maximum atomic E-state index is 13.1. The molecule has 1 N–H and O–H groups in total. The molecule has 0 aromatic heterocycles. The number of methoxy groups -OCH3 is 1. The number of amides is 1. The second-order valence-corrected chi connectivity index (χ2v) is 6.69. The van der Waals surface area contributed by atoms with Gasteiger partial charge in [0.1, 0.15) is 12.4 Å². The van der Waals surface area contributed by atoms with Crippen LogP contribution in [0.3, 0.4) is 0 Å². The number of hydrogen-bond acceptors (Lipinski definition) is 4. The molecule has 1 unspecified atom stereocenters. The maximum absolute atomic E-state index is 13.1. The molecule has 0 aliphatic carbocycles. The summed E-state index contributed by atoms with van der Waals surface area (Å²) in [4.78, 5) is 26.4. The highest BCUT2D eigenvalue weighted by atomic mass is 35.5. The summed E-state index contributed by atoms with van der Waals surface area (Å²) in [6, 6.07) is 12.1. The Hall–Kier alpha value is -2.57. The molecule has 1 amide bonds. The predicted molar refractivity (Wildman–Crippen MR) is 100 cm³/mol. The molecule has 142 valence electrons. The average Bonchev–Trinajstić information content (AvgIpc) is 2.67. The van der Waals surface area contributed by atoms with Gasteiger partial charge in [-0.2, -0.15) is 0 Å². The van der Waals surface area contributed by atoms with Gasteiger partial charge in [-0.15, -0.1) is 0 Å². The van der Waals surface area contributed by atoms with E-state index in [1.807, 2.05) is 18.2 Å². The summed E-state index contributed by atoms with van der Waals surface area (Å²) < 4.78 is 10.6. The first-order chi connectivity index (χ1) is 13.0. The molecule has 27 heavy (non-hydrogen) atoms. The van der Waals surface area contributed by atoms with E-state index in [1.165, 1.54) is 4.90 Å². The molecular weight excluding hydrogens is 370 g/mol. The van der Waals surface area contributed by atoms with Crippen LogP contribution in [0.5, 0.6) is 5.75 Å². The Bertz CT molecular complexity index is 854. The van der Waals surface area contributed by atoms with E-state index in [0.717, 1.165) is 11.1 Å². The quantitative estimate of drug-likeness (QED) is 0.768. The molecule has 0 spiro atoms. The van der Waals surface area contributed by atoms with Gasteiger partial charge in [-0.1, -0.05) is 35.9 Å². The van der Waals surface area contributed by atoms with Crippen LogP contribution in [-0.2, 0) is 16.1 Å². The van der Waals surface area contributed by atoms with Crippen molar-refractivity contribution in [2.45, 2.75) is 12.5 Å². The van der Waals surface area contributed by atoms with E-state index < -0.39 is 11.9 Å². The molecule has 2 aromatic rings. The fourth-order valence-corrected chi connectivity index (χ4v) is 3.35. The van der Waals surface area contributed by atoms with Crippen molar-refractivity contribution in [3.05, 3.63) is 64.2 Å². The lowest BCUT2D eigenvalue weighted by atomic mass is 9.89. The zero-order valence-corrected chi connectivity index (χ0v) is 15.6. The third-order valence-electron chi connectivity index (χ3n) is 4.50. The Morgan fingerprint density at radius 1 is 1.22 bits per heavy atom. The van der Waals surface area contributed by atoms with Crippen molar-refractivity contribution in [3.63, 3.8) is 0 Å². The number of nitrogens with zero attached hydrogens (tertiary/aromatic N) is 1. The highest BCUT2D eigenvalue weighted by Gasteiger charge is 2.33. The van der Waals surface area contributed by atoms with Crippen LogP contribution in [0.4, 0.5) is 0 Å². The van der Waals surface area contributed by atoms with Gasteiger partial charge in [0.25, 0.3) is 5.91 Å². The number of ether oxygens (including phenoxy) is 2. The van der Waals surface area contributed by atoms with Crippen molar-refractivity contribution < 1.29 is 24.2 Å². The Balaban J connectivity index is 1.90. The van der Waals surface area contributed by atoms with Crippen LogP contribution < -0.4 is 4.74 Å². The van der Waals surface area contributed by atoms with Crippen molar-refractivity contribution in [2.75, 3.05) is 26.9 Å². The van der Waals surface area contributed by atoms with E-state index in [9.17, 15) is 14.7 Å². The Morgan fingerprint density at radius 2 is 2.00 bits per heavy atom. The predicted octanol–water partition coefficient (Wildman–Crippen LogP) is 3.19. The lowest BCUT2D eigenvalue weighted by Gasteiger charge is -2.33. The SMILES string of the molecule is COCCOc1ccc(Cl)cc1C(=O)N1Cc2ccccc2C(C(=O)O)C1. The molecule has 1 aliphatic heterocycles. The van der Waals surface area contributed by atoms with Gasteiger partial charge in [0.05, 0.1) is 18.1 Å². The second-order valence-electron chi connectivity index (χ2n) is 6.26. The van der Waals surface area contributed by atoms with Gasteiger partial charge in [0.2, 0.25) is 0 Å². The summed E-state index contributed by atoms with van der Waals surface area (Å²) in [5.74, 6) is -1.64. The minimum absolute atomic E-state index is 0.0925. The zero-order valence-electron chi connectivity index (χ0n) is 14.9. The molecule has 3 rings (SSSR count). The first-order valence-electron chi connectivity index (χ1n) is 8.52. The van der Waals surface area contributed by atoms with Crippen LogP contribution in [-0.4, -0.2) is 48.8 Å².